The number of fused-ring (bicyclic) bond motifs is 1. The number of benzene rings is 1. The molecule has 146 valence electrons. The van der Waals surface area contributed by atoms with E-state index in [-0.39, 0.29) is 17.7 Å². The van der Waals surface area contributed by atoms with Crippen LogP contribution in [0.2, 0.25) is 0 Å². The van der Waals surface area contributed by atoms with Gasteiger partial charge in [0.25, 0.3) is 5.91 Å². The molecule has 1 aromatic carbocycles. The molecule has 0 bridgehead atoms. The van der Waals surface area contributed by atoms with E-state index in [9.17, 15) is 9.59 Å². The van der Waals surface area contributed by atoms with Gasteiger partial charge in [0.15, 0.2) is 0 Å². The number of hydrogen-bond donors (Lipinski definition) is 0. The maximum atomic E-state index is 13.0. The number of aryl methyl sites for hydroxylation is 1. The minimum absolute atomic E-state index is 0.0185. The molecule has 2 amide bonds. The number of carbonyl (C=O) groups excluding carboxylic acids is 2. The summed E-state index contributed by atoms with van der Waals surface area (Å²) < 4.78 is 5.30. The predicted molar refractivity (Wildman–Crippen MR) is 103 cm³/mol. The highest BCUT2D eigenvalue weighted by Crippen LogP contribution is 2.26. The molecule has 2 heterocycles. The molecule has 0 spiro atoms. The Kier molecular flexibility index (Phi) is 5.23. The molecule has 1 aromatic heterocycles. The normalized spacial score (nSPS) is 19.1. The van der Waals surface area contributed by atoms with E-state index in [2.05, 4.69) is 9.97 Å². The standard InChI is InChI=1S/C21H24N4O3/c1-28-19-5-3-2-4-17(19)21(27)25-10-8-24(9-11-25)20(26)15-6-7-18-16(12-15)13-22-14-23-18/h2-5,13-15H,6-12H2,1H3. The van der Waals surface area contributed by atoms with Crippen molar-refractivity contribution in [3.05, 3.63) is 53.6 Å². The maximum absolute atomic E-state index is 13.0. The molecule has 1 aliphatic carbocycles. The third kappa shape index (κ3) is 3.56. The van der Waals surface area contributed by atoms with Crippen molar-refractivity contribution in [2.45, 2.75) is 19.3 Å². The van der Waals surface area contributed by atoms with Crippen molar-refractivity contribution in [3.8, 4) is 5.75 Å². The lowest BCUT2D eigenvalue weighted by molar-refractivity contribution is -0.137. The second kappa shape index (κ2) is 7.96. The summed E-state index contributed by atoms with van der Waals surface area (Å²) in [7, 11) is 1.57. The maximum Gasteiger partial charge on any atom is 0.257 e. The molecule has 1 fully saturated rings. The predicted octanol–water partition coefficient (Wildman–Crippen LogP) is 1.57. The van der Waals surface area contributed by atoms with Crippen LogP contribution in [0, 0.1) is 5.92 Å². The molecule has 2 aliphatic rings. The van der Waals surface area contributed by atoms with E-state index in [0.717, 1.165) is 24.1 Å². The van der Waals surface area contributed by atoms with Gasteiger partial charge in [0, 0.05) is 44.0 Å². The molecule has 0 radical (unpaired) electrons. The van der Waals surface area contributed by atoms with E-state index >= 15 is 0 Å². The summed E-state index contributed by atoms with van der Waals surface area (Å²) in [6, 6.07) is 7.25. The third-order valence-corrected chi connectivity index (χ3v) is 5.64. The average molecular weight is 380 g/mol. The van der Waals surface area contributed by atoms with Crippen molar-refractivity contribution in [3.63, 3.8) is 0 Å². The number of hydrogen-bond acceptors (Lipinski definition) is 5. The number of carbonyl (C=O) groups is 2. The number of ether oxygens (including phenoxy) is 1. The summed E-state index contributed by atoms with van der Waals surface area (Å²) in [5.41, 5.74) is 2.71. The minimum atomic E-state index is -0.0479. The van der Waals surface area contributed by atoms with Crippen LogP contribution in [0.3, 0.4) is 0 Å². The number of methoxy groups -OCH3 is 1. The molecule has 28 heavy (non-hydrogen) atoms. The van der Waals surface area contributed by atoms with Gasteiger partial charge in [-0.15, -0.1) is 0 Å². The zero-order valence-corrected chi connectivity index (χ0v) is 16.0. The molecule has 1 unspecified atom stereocenters. The third-order valence-electron chi connectivity index (χ3n) is 5.64. The Morgan fingerprint density at radius 3 is 2.64 bits per heavy atom. The summed E-state index contributed by atoms with van der Waals surface area (Å²) in [5.74, 6) is 0.691. The molecule has 2 aromatic rings. The molecular weight excluding hydrogens is 356 g/mol. The summed E-state index contributed by atoms with van der Waals surface area (Å²) in [6.45, 7) is 2.20. The van der Waals surface area contributed by atoms with Crippen LogP contribution in [-0.4, -0.2) is 64.9 Å². The number of rotatable bonds is 3. The van der Waals surface area contributed by atoms with Crippen LogP contribution in [-0.2, 0) is 17.6 Å². The highest BCUT2D eigenvalue weighted by molar-refractivity contribution is 5.97. The molecular formula is C21H24N4O3. The van der Waals surface area contributed by atoms with Crippen molar-refractivity contribution in [1.29, 1.82) is 0 Å². The minimum Gasteiger partial charge on any atom is -0.496 e. The van der Waals surface area contributed by atoms with Gasteiger partial charge in [0.2, 0.25) is 5.91 Å². The van der Waals surface area contributed by atoms with Gasteiger partial charge in [-0.2, -0.15) is 0 Å². The van der Waals surface area contributed by atoms with Crippen LogP contribution in [0.5, 0.6) is 5.75 Å². The topological polar surface area (TPSA) is 75.6 Å². The Morgan fingerprint density at radius 1 is 1.11 bits per heavy atom. The van der Waals surface area contributed by atoms with Crippen LogP contribution in [0.15, 0.2) is 36.8 Å². The molecule has 1 atom stereocenters. The molecule has 0 saturated carbocycles. The van der Waals surface area contributed by atoms with Gasteiger partial charge >= 0.3 is 0 Å². The highest BCUT2D eigenvalue weighted by atomic mass is 16.5. The van der Waals surface area contributed by atoms with E-state index in [0.29, 0.717) is 43.9 Å². The highest BCUT2D eigenvalue weighted by Gasteiger charge is 2.32. The van der Waals surface area contributed by atoms with Crippen LogP contribution in [0.4, 0.5) is 0 Å². The van der Waals surface area contributed by atoms with Gasteiger partial charge in [0.1, 0.15) is 12.1 Å². The van der Waals surface area contributed by atoms with E-state index in [1.54, 1.807) is 30.5 Å². The Bertz CT molecular complexity index is 877. The fourth-order valence-electron chi connectivity index (χ4n) is 4.05. The van der Waals surface area contributed by atoms with E-state index in [1.807, 2.05) is 23.2 Å². The molecule has 1 saturated heterocycles. The second-order valence-electron chi connectivity index (χ2n) is 7.25. The van der Waals surface area contributed by atoms with Gasteiger partial charge in [0.05, 0.1) is 12.7 Å². The Labute approximate surface area is 164 Å². The monoisotopic (exact) mass is 380 g/mol. The Hall–Kier alpha value is -2.96. The lowest BCUT2D eigenvalue weighted by Crippen LogP contribution is -2.52. The largest absolute Gasteiger partial charge is 0.496 e. The average Bonchev–Trinajstić information content (AvgIpc) is 2.77. The van der Waals surface area contributed by atoms with Crippen molar-refractivity contribution >= 4 is 11.8 Å². The summed E-state index contributed by atoms with van der Waals surface area (Å²) in [6.07, 6.45) is 5.74. The smallest absolute Gasteiger partial charge is 0.257 e. The lowest BCUT2D eigenvalue weighted by atomic mass is 9.86. The van der Waals surface area contributed by atoms with Crippen LogP contribution in [0.25, 0.3) is 0 Å². The molecule has 7 nitrogen and oxygen atoms in total. The first kappa shape index (κ1) is 18.4. The quantitative estimate of drug-likeness (QED) is 0.808. The Balaban J connectivity index is 1.36. The zero-order valence-electron chi connectivity index (χ0n) is 16.0. The number of nitrogens with zero attached hydrogens (tertiary/aromatic N) is 4. The van der Waals surface area contributed by atoms with Crippen molar-refractivity contribution < 1.29 is 14.3 Å². The number of piperazine rings is 1. The summed E-state index contributed by atoms with van der Waals surface area (Å²) >= 11 is 0. The molecule has 4 rings (SSSR count). The van der Waals surface area contributed by atoms with Crippen molar-refractivity contribution in [1.82, 2.24) is 19.8 Å². The van der Waals surface area contributed by atoms with Gasteiger partial charge in [-0.3, -0.25) is 9.59 Å². The number of amides is 2. The first-order chi connectivity index (χ1) is 13.7. The van der Waals surface area contributed by atoms with Gasteiger partial charge in [-0.05, 0) is 37.0 Å². The zero-order chi connectivity index (χ0) is 19.5. The molecule has 7 heteroatoms. The molecule has 0 N–H and O–H groups in total. The first-order valence-corrected chi connectivity index (χ1v) is 9.66. The Morgan fingerprint density at radius 2 is 1.86 bits per heavy atom. The van der Waals surface area contributed by atoms with Crippen LogP contribution < -0.4 is 4.74 Å². The van der Waals surface area contributed by atoms with E-state index < -0.39 is 0 Å². The number of aromatic nitrogens is 2. The van der Waals surface area contributed by atoms with Gasteiger partial charge in [-0.1, -0.05) is 12.1 Å². The van der Waals surface area contributed by atoms with Crippen molar-refractivity contribution in [2.24, 2.45) is 5.92 Å². The van der Waals surface area contributed by atoms with E-state index in [1.165, 1.54) is 0 Å². The SMILES string of the molecule is COc1ccccc1C(=O)N1CCN(C(=O)C2CCc3ncncc3C2)CC1. The fourth-order valence-corrected chi connectivity index (χ4v) is 4.05. The second-order valence-corrected chi connectivity index (χ2v) is 7.25. The van der Waals surface area contributed by atoms with Crippen LogP contribution >= 0.6 is 0 Å². The lowest BCUT2D eigenvalue weighted by Gasteiger charge is -2.37. The van der Waals surface area contributed by atoms with Gasteiger partial charge < -0.3 is 14.5 Å². The first-order valence-electron chi connectivity index (χ1n) is 9.66. The summed E-state index contributed by atoms with van der Waals surface area (Å²) in [5, 5.41) is 0. The van der Waals surface area contributed by atoms with Crippen molar-refractivity contribution in [2.75, 3.05) is 33.3 Å². The van der Waals surface area contributed by atoms with E-state index in [4.69, 9.17) is 4.74 Å². The molecule has 1 aliphatic heterocycles. The summed E-state index contributed by atoms with van der Waals surface area (Å²) in [4.78, 5) is 37.9. The van der Waals surface area contributed by atoms with Gasteiger partial charge in [-0.25, -0.2) is 9.97 Å². The van der Waals surface area contributed by atoms with Crippen LogP contribution in [0.1, 0.15) is 28.0 Å². The fraction of sp³-hybridized carbons (Fsp3) is 0.429. The number of para-hydroxylation sites is 1.